The van der Waals surface area contributed by atoms with E-state index in [2.05, 4.69) is 20.8 Å². The summed E-state index contributed by atoms with van der Waals surface area (Å²) in [4.78, 5) is 24.0. The van der Waals surface area contributed by atoms with Gasteiger partial charge in [0.25, 0.3) is 5.91 Å². The Morgan fingerprint density at radius 3 is 2.74 bits per heavy atom. The quantitative estimate of drug-likeness (QED) is 0.737. The second kappa shape index (κ2) is 6.99. The Morgan fingerprint density at radius 1 is 1.30 bits per heavy atom. The highest BCUT2D eigenvalue weighted by atomic mass is 16.5. The second-order valence-electron chi connectivity index (χ2n) is 5.44. The van der Waals surface area contributed by atoms with Gasteiger partial charge >= 0.3 is 5.97 Å². The van der Waals surface area contributed by atoms with E-state index in [1.54, 1.807) is 0 Å². The highest BCUT2D eigenvalue weighted by Crippen LogP contribution is 2.18. The van der Waals surface area contributed by atoms with Crippen LogP contribution in [0.1, 0.15) is 24.4 Å². The molecule has 23 heavy (non-hydrogen) atoms. The number of hydrogen-bond donors (Lipinski definition) is 1. The molecule has 0 radical (unpaired) electrons. The van der Waals surface area contributed by atoms with Crippen molar-refractivity contribution >= 4 is 11.9 Å². The fourth-order valence-corrected chi connectivity index (χ4v) is 2.16. The molecule has 8 nitrogen and oxygen atoms in total. The molecule has 1 fully saturated rings. The second-order valence-corrected chi connectivity index (χ2v) is 5.44. The first-order valence-corrected chi connectivity index (χ1v) is 7.45. The molecule has 2 aromatic rings. The first-order chi connectivity index (χ1) is 11.2. The molecule has 0 spiro atoms. The zero-order valence-electron chi connectivity index (χ0n) is 12.5. The number of carbonyl (C=O) groups excluding carboxylic acids is 2. The lowest BCUT2D eigenvalue weighted by molar-refractivity contribution is -0.152. The van der Waals surface area contributed by atoms with E-state index in [1.807, 2.05) is 30.3 Å². The molecule has 1 aliphatic carbocycles. The van der Waals surface area contributed by atoms with Gasteiger partial charge in [-0.25, -0.2) is 9.48 Å². The van der Waals surface area contributed by atoms with Crippen LogP contribution in [0.15, 0.2) is 36.7 Å². The Labute approximate surface area is 132 Å². The Balaban J connectivity index is 1.62. The van der Waals surface area contributed by atoms with Gasteiger partial charge in [0, 0.05) is 12.5 Å². The monoisotopic (exact) mass is 315 g/mol. The average molecular weight is 315 g/mol. The van der Waals surface area contributed by atoms with Crippen molar-refractivity contribution in [3.63, 3.8) is 0 Å². The van der Waals surface area contributed by atoms with Crippen LogP contribution in [0.2, 0.25) is 0 Å². The number of amides is 1. The molecule has 0 aliphatic heterocycles. The minimum absolute atomic E-state index is 0.237. The lowest BCUT2D eigenvalue weighted by Crippen LogP contribution is -2.33. The summed E-state index contributed by atoms with van der Waals surface area (Å²) >= 11 is 0. The van der Waals surface area contributed by atoms with E-state index in [9.17, 15) is 9.59 Å². The number of nitrogens with zero attached hydrogens (tertiary/aromatic N) is 4. The molecule has 8 heteroatoms. The predicted octanol–water partition coefficient (Wildman–Crippen LogP) is 0.279. The van der Waals surface area contributed by atoms with Gasteiger partial charge in [0.05, 0.1) is 0 Å². The lowest BCUT2D eigenvalue weighted by atomic mass is 10.1. The largest absolute Gasteiger partial charge is 0.454 e. The molecule has 120 valence electrons. The highest BCUT2D eigenvalue weighted by molar-refractivity contribution is 5.82. The normalized spacial score (nSPS) is 15.0. The van der Waals surface area contributed by atoms with Gasteiger partial charge in [-0.2, -0.15) is 0 Å². The summed E-state index contributed by atoms with van der Waals surface area (Å²) in [5.41, 5.74) is 0.951. The Bertz CT molecular complexity index is 655. The molecule has 1 aromatic heterocycles. The number of ether oxygens (including phenoxy) is 1. The van der Waals surface area contributed by atoms with Gasteiger partial charge in [-0.15, -0.1) is 5.10 Å². The van der Waals surface area contributed by atoms with Crippen LogP contribution in [0.4, 0.5) is 0 Å². The van der Waals surface area contributed by atoms with E-state index in [4.69, 9.17) is 4.74 Å². The van der Waals surface area contributed by atoms with Crippen molar-refractivity contribution in [2.45, 2.75) is 31.3 Å². The third kappa shape index (κ3) is 4.35. The van der Waals surface area contributed by atoms with Gasteiger partial charge in [-0.05, 0) is 28.8 Å². The molecule has 1 atom stereocenters. The molecule has 0 saturated heterocycles. The molecule has 0 bridgehead atoms. The van der Waals surface area contributed by atoms with E-state index in [-0.39, 0.29) is 18.6 Å². The molecular formula is C15H17N5O3. The summed E-state index contributed by atoms with van der Waals surface area (Å²) in [6, 6.07) is 9.02. The van der Waals surface area contributed by atoms with Crippen LogP contribution in [0, 0.1) is 0 Å². The van der Waals surface area contributed by atoms with Crippen molar-refractivity contribution in [2.24, 2.45) is 0 Å². The maximum Gasteiger partial charge on any atom is 0.331 e. The van der Waals surface area contributed by atoms with Crippen molar-refractivity contribution in [3.05, 3.63) is 42.2 Å². The third-order valence-corrected chi connectivity index (χ3v) is 3.52. The number of hydrogen-bond acceptors (Lipinski definition) is 6. The number of tetrazole rings is 1. The number of benzene rings is 1. The van der Waals surface area contributed by atoms with Crippen molar-refractivity contribution in [1.29, 1.82) is 0 Å². The van der Waals surface area contributed by atoms with Gasteiger partial charge in [-0.3, -0.25) is 4.79 Å². The summed E-state index contributed by atoms with van der Waals surface area (Å²) in [6.45, 7) is -0.289. The smallest absolute Gasteiger partial charge is 0.331 e. The summed E-state index contributed by atoms with van der Waals surface area (Å²) in [6.07, 6.45) is 3.72. The highest BCUT2D eigenvalue weighted by Gasteiger charge is 2.26. The van der Waals surface area contributed by atoms with Crippen LogP contribution in [0.3, 0.4) is 0 Å². The zero-order valence-corrected chi connectivity index (χ0v) is 12.5. The summed E-state index contributed by atoms with van der Waals surface area (Å²) in [5.74, 6) is -0.817. The minimum Gasteiger partial charge on any atom is -0.454 e. The number of nitrogens with one attached hydrogen (secondary N) is 1. The number of rotatable bonds is 7. The Kier molecular flexibility index (Phi) is 4.60. The predicted molar refractivity (Wildman–Crippen MR) is 79.1 cm³/mol. The molecule has 1 aliphatic rings. The number of esters is 1. The van der Waals surface area contributed by atoms with Crippen molar-refractivity contribution < 1.29 is 14.3 Å². The van der Waals surface area contributed by atoms with E-state index < -0.39 is 12.0 Å². The van der Waals surface area contributed by atoms with Gasteiger partial charge in [0.1, 0.15) is 6.33 Å². The fraction of sp³-hybridized carbons (Fsp3) is 0.400. The van der Waals surface area contributed by atoms with Crippen molar-refractivity contribution in [1.82, 2.24) is 25.5 Å². The molecule has 1 amide bonds. The maximum atomic E-state index is 12.3. The topological polar surface area (TPSA) is 99.0 Å². The van der Waals surface area contributed by atoms with Crippen LogP contribution >= 0.6 is 0 Å². The first-order valence-electron chi connectivity index (χ1n) is 7.45. The summed E-state index contributed by atoms with van der Waals surface area (Å²) < 4.78 is 6.46. The van der Waals surface area contributed by atoms with Crippen LogP contribution in [-0.4, -0.2) is 44.7 Å². The standard InChI is InChI=1S/C15H17N5O3/c21-14(17-12-6-7-12)9-23-15(22)13(20-10-16-18-19-20)8-11-4-2-1-3-5-11/h1-5,10,12-13H,6-9H2,(H,17,21)/t13-/m0/s1. The van der Waals surface area contributed by atoms with E-state index in [1.165, 1.54) is 11.0 Å². The van der Waals surface area contributed by atoms with Crippen LogP contribution < -0.4 is 5.32 Å². The SMILES string of the molecule is O=C(COC(=O)[C@H](Cc1ccccc1)n1cnnn1)NC1CC1. The van der Waals surface area contributed by atoms with Crippen molar-refractivity contribution in [2.75, 3.05) is 6.61 Å². The third-order valence-electron chi connectivity index (χ3n) is 3.52. The Morgan fingerprint density at radius 2 is 2.09 bits per heavy atom. The van der Waals surface area contributed by atoms with Gasteiger partial charge < -0.3 is 10.1 Å². The number of carbonyl (C=O) groups is 2. The molecule has 1 N–H and O–H groups in total. The van der Waals surface area contributed by atoms with E-state index in [0.29, 0.717) is 6.42 Å². The van der Waals surface area contributed by atoms with Gasteiger partial charge in [-0.1, -0.05) is 30.3 Å². The van der Waals surface area contributed by atoms with Gasteiger partial charge in [0.15, 0.2) is 12.6 Å². The Hall–Kier alpha value is -2.77. The zero-order chi connectivity index (χ0) is 16.1. The van der Waals surface area contributed by atoms with Gasteiger partial charge in [0.2, 0.25) is 0 Å². The molecule has 1 heterocycles. The first kappa shape index (κ1) is 15.1. The lowest BCUT2D eigenvalue weighted by Gasteiger charge is -2.15. The average Bonchev–Trinajstić information content (AvgIpc) is 3.21. The van der Waals surface area contributed by atoms with E-state index >= 15 is 0 Å². The maximum absolute atomic E-state index is 12.3. The fourth-order valence-electron chi connectivity index (χ4n) is 2.16. The molecule has 3 rings (SSSR count). The minimum atomic E-state index is -0.707. The summed E-state index contributed by atoms with van der Waals surface area (Å²) in [5, 5.41) is 13.7. The summed E-state index contributed by atoms with van der Waals surface area (Å²) in [7, 11) is 0. The molecule has 0 unspecified atom stereocenters. The number of aromatic nitrogens is 4. The van der Waals surface area contributed by atoms with Crippen molar-refractivity contribution in [3.8, 4) is 0 Å². The van der Waals surface area contributed by atoms with Crippen LogP contribution in [0.5, 0.6) is 0 Å². The molecular weight excluding hydrogens is 298 g/mol. The molecule has 1 saturated carbocycles. The van der Waals surface area contributed by atoms with Crippen LogP contribution in [-0.2, 0) is 20.7 Å². The van der Waals surface area contributed by atoms with E-state index in [0.717, 1.165) is 18.4 Å². The van der Waals surface area contributed by atoms with Crippen LogP contribution in [0.25, 0.3) is 0 Å². The molecule has 1 aromatic carbocycles.